The Kier molecular flexibility index (Phi) is 5.66. The van der Waals surface area contributed by atoms with Crippen molar-refractivity contribution in [2.75, 3.05) is 10.6 Å². The number of amides is 1. The molecule has 0 aliphatic rings. The van der Waals surface area contributed by atoms with Crippen LogP contribution in [0.5, 0.6) is 5.75 Å². The number of hydrogen-bond acceptors (Lipinski definition) is 5. The molecular formula is C21H22N4O2. The fraction of sp³-hybridized carbons (Fsp3) is 0.190. The predicted molar refractivity (Wildman–Crippen MR) is 107 cm³/mol. The zero-order chi connectivity index (χ0) is 19.2. The van der Waals surface area contributed by atoms with Crippen LogP contribution in [0.3, 0.4) is 0 Å². The molecule has 1 heterocycles. The van der Waals surface area contributed by atoms with Crippen LogP contribution < -0.4 is 15.4 Å². The van der Waals surface area contributed by atoms with E-state index in [1.807, 2.05) is 63.2 Å². The number of para-hydroxylation sites is 2. The number of hydrogen-bond donors (Lipinski definition) is 2. The average Bonchev–Trinajstić information content (AvgIpc) is 2.65. The summed E-state index contributed by atoms with van der Waals surface area (Å²) in [6, 6.07) is 18.5. The van der Waals surface area contributed by atoms with Crippen LogP contribution in [0, 0.1) is 6.92 Å². The maximum atomic E-state index is 12.3. The predicted octanol–water partition coefficient (Wildman–Crippen LogP) is 4.57. The molecule has 3 aromatic rings. The molecule has 0 unspecified atom stereocenters. The smallest absolute Gasteiger partial charge is 0.257 e. The number of nitrogens with zero attached hydrogens (tertiary/aromatic N) is 2. The summed E-state index contributed by atoms with van der Waals surface area (Å²) in [6.07, 6.45) is 0.0677. The number of aromatic nitrogens is 2. The van der Waals surface area contributed by atoms with Gasteiger partial charge >= 0.3 is 0 Å². The molecule has 1 aromatic heterocycles. The van der Waals surface area contributed by atoms with E-state index in [1.54, 1.807) is 18.2 Å². The maximum Gasteiger partial charge on any atom is 0.257 e. The Morgan fingerprint density at radius 1 is 0.926 bits per heavy atom. The minimum Gasteiger partial charge on any atom is -0.489 e. The van der Waals surface area contributed by atoms with Crippen LogP contribution in [0.4, 0.5) is 17.3 Å². The molecule has 1 amide bonds. The zero-order valence-electron chi connectivity index (χ0n) is 15.6. The summed E-state index contributed by atoms with van der Waals surface area (Å²) in [5, 5.41) is 14.2. The molecule has 27 heavy (non-hydrogen) atoms. The lowest BCUT2D eigenvalue weighted by molar-refractivity contribution is 0.102. The molecule has 0 saturated heterocycles. The molecule has 3 rings (SSSR count). The third-order valence-electron chi connectivity index (χ3n) is 3.81. The number of rotatable bonds is 6. The van der Waals surface area contributed by atoms with Crippen LogP contribution >= 0.6 is 0 Å². The number of carbonyl (C=O) groups is 1. The van der Waals surface area contributed by atoms with E-state index in [9.17, 15) is 4.79 Å². The Morgan fingerprint density at radius 3 is 2.30 bits per heavy atom. The molecule has 6 heteroatoms. The van der Waals surface area contributed by atoms with E-state index >= 15 is 0 Å². The Bertz CT molecular complexity index is 923. The van der Waals surface area contributed by atoms with Gasteiger partial charge in [-0.05, 0) is 56.7 Å². The minimum atomic E-state index is -0.209. The second-order valence-electron chi connectivity index (χ2n) is 6.36. The van der Waals surface area contributed by atoms with E-state index < -0.39 is 0 Å². The first-order valence-electron chi connectivity index (χ1n) is 8.76. The van der Waals surface area contributed by atoms with Gasteiger partial charge in [-0.2, -0.15) is 0 Å². The molecule has 0 radical (unpaired) electrons. The lowest BCUT2D eigenvalue weighted by Crippen LogP contribution is -2.14. The van der Waals surface area contributed by atoms with Gasteiger partial charge in [0.1, 0.15) is 5.75 Å². The lowest BCUT2D eigenvalue weighted by atomic mass is 10.1. The van der Waals surface area contributed by atoms with E-state index in [0.717, 1.165) is 17.0 Å². The van der Waals surface area contributed by atoms with Crippen LogP contribution in [0.1, 0.15) is 29.8 Å². The van der Waals surface area contributed by atoms with E-state index in [4.69, 9.17) is 4.74 Å². The first kappa shape index (κ1) is 18.4. The van der Waals surface area contributed by atoms with E-state index in [1.165, 1.54) is 0 Å². The van der Waals surface area contributed by atoms with Crippen molar-refractivity contribution < 1.29 is 9.53 Å². The normalized spacial score (nSPS) is 10.5. The van der Waals surface area contributed by atoms with Crippen LogP contribution in [0.2, 0.25) is 0 Å². The second kappa shape index (κ2) is 8.31. The van der Waals surface area contributed by atoms with Gasteiger partial charge in [-0.15, -0.1) is 10.2 Å². The largest absolute Gasteiger partial charge is 0.489 e. The summed E-state index contributed by atoms with van der Waals surface area (Å²) < 4.78 is 5.79. The van der Waals surface area contributed by atoms with Crippen molar-refractivity contribution in [2.45, 2.75) is 26.9 Å². The number of nitrogens with one attached hydrogen (secondary N) is 2. The second-order valence-corrected chi connectivity index (χ2v) is 6.36. The van der Waals surface area contributed by atoms with E-state index in [0.29, 0.717) is 17.2 Å². The van der Waals surface area contributed by atoms with Crippen molar-refractivity contribution in [1.29, 1.82) is 0 Å². The van der Waals surface area contributed by atoms with Crippen molar-refractivity contribution >= 4 is 23.2 Å². The van der Waals surface area contributed by atoms with Gasteiger partial charge in [0.25, 0.3) is 5.91 Å². The van der Waals surface area contributed by atoms with Gasteiger partial charge in [-0.3, -0.25) is 4.79 Å². The van der Waals surface area contributed by atoms with Crippen LogP contribution in [-0.4, -0.2) is 22.2 Å². The highest BCUT2D eigenvalue weighted by atomic mass is 16.5. The third kappa shape index (κ3) is 4.82. The Morgan fingerprint density at radius 2 is 1.59 bits per heavy atom. The molecule has 0 bridgehead atoms. The summed E-state index contributed by atoms with van der Waals surface area (Å²) in [4.78, 5) is 12.3. The van der Waals surface area contributed by atoms with Crippen molar-refractivity contribution in [1.82, 2.24) is 10.2 Å². The molecule has 0 aliphatic heterocycles. The maximum absolute atomic E-state index is 12.3. The molecule has 2 aromatic carbocycles. The summed E-state index contributed by atoms with van der Waals surface area (Å²) in [6.45, 7) is 5.84. The van der Waals surface area contributed by atoms with Gasteiger partial charge in [0.15, 0.2) is 11.6 Å². The quantitative estimate of drug-likeness (QED) is 0.672. The van der Waals surface area contributed by atoms with Crippen LogP contribution in [0.15, 0.2) is 60.7 Å². The molecule has 0 atom stereocenters. The van der Waals surface area contributed by atoms with Crippen LogP contribution in [-0.2, 0) is 0 Å². The van der Waals surface area contributed by atoms with Gasteiger partial charge in [0.05, 0.1) is 11.8 Å². The van der Waals surface area contributed by atoms with E-state index in [-0.39, 0.29) is 12.0 Å². The first-order chi connectivity index (χ1) is 13.0. The third-order valence-corrected chi connectivity index (χ3v) is 3.81. The minimum absolute atomic E-state index is 0.0677. The van der Waals surface area contributed by atoms with Crippen LogP contribution in [0.25, 0.3) is 0 Å². The van der Waals surface area contributed by atoms with Crippen molar-refractivity contribution in [2.24, 2.45) is 0 Å². The first-order valence-corrected chi connectivity index (χ1v) is 8.76. The van der Waals surface area contributed by atoms with Gasteiger partial charge in [0.2, 0.25) is 0 Å². The number of ether oxygens (including phenoxy) is 1. The number of anilines is 3. The molecule has 0 fully saturated rings. The monoisotopic (exact) mass is 362 g/mol. The van der Waals surface area contributed by atoms with Crippen molar-refractivity contribution in [3.8, 4) is 5.75 Å². The van der Waals surface area contributed by atoms with Gasteiger partial charge < -0.3 is 15.4 Å². The summed E-state index contributed by atoms with van der Waals surface area (Å²) in [5.41, 5.74) is 2.32. The summed E-state index contributed by atoms with van der Waals surface area (Å²) in [7, 11) is 0. The standard InChI is InChI=1S/C21H22N4O2/c1-14(2)27-18-11-7-6-10-17(18)22-19-12-13-20(25-24-19)23-21(26)16-9-5-4-8-15(16)3/h4-14H,1-3H3,(H,22,24)(H,23,25,26). The topological polar surface area (TPSA) is 76.1 Å². The Hall–Kier alpha value is -3.41. The molecule has 2 N–H and O–H groups in total. The fourth-order valence-corrected chi connectivity index (χ4v) is 2.54. The van der Waals surface area contributed by atoms with Crippen molar-refractivity contribution in [3.63, 3.8) is 0 Å². The molecule has 138 valence electrons. The SMILES string of the molecule is Cc1ccccc1C(=O)Nc1ccc(Nc2ccccc2OC(C)C)nn1. The van der Waals surface area contributed by atoms with Gasteiger partial charge in [-0.25, -0.2) is 0 Å². The van der Waals surface area contributed by atoms with Gasteiger partial charge in [-0.1, -0.05) is 30.3 Å². The molecule has 0 saturated carbocycles. The molecule has 0 spiro atoms. The van der Waals surface area contributed by atoms with Crippen molar-refractivity contribution in [3.05, 3.63) is 71.8 Å². The average molecular weight is 362 g/mol. The zero-order valence-corrected chi connectivity index (χ0v) is 15.6. The molecule has 0 aliphatic carbocycles. The highest BCUT2D eigenvalue weighted by Crippen LogP contribution is 2.27. The fourth-order valence-electron chi connectivity index (χ4n) is 2.54. The number of carbonyl (C=O) groups excluding carboxylic acids is 1. The summed E-state index contributed by atoms with van der Waals surface area (Å²) in [5.74, 6) is 1.48. The summed E-state index contributed by atoms with van der Waals surface area (Å²) >= 11 is 0. The van der Waals surface area contributed by atoms with E-state index in [2.05, 4.69) is 20.8 Å². The number of benzene rings is 2. The Labute approximate surface area is 158 Å². The highest BCUT2D eigenvalue weighted by molar-refractivity contribution is 6.04. The molecular weight excluding hydrogens is 340 g/mol. The number of aryl methyl sites for hydroxylation is 1. The van der Waals surface area contributed by atoms with Gasteiger partial charge in [0, 0.05) is 5.56 Å². The highest BCUT2D eigenvalue weighted by Gasteiger charge is 2.10. The molecule has 6 nitrogen and oxygen atoms in total. The Balaban J connectivity index is 1.69. The lowest BCUT2D eigenvalue weighted by Gasteiger charge is -2.15.